The predicted molar refractivity (Wildman–Crippen MR) is 188 cm³/mol. The number of benzene rings is 2. The zero-order chi connectivity index (χ0) is 35.3. The molecule has 2 aromatic carbocycles. The summed E-state index contributed by atoms with van der Waals surface area (Å²) in [5.74, 6) is -1.06. The molecule has 0 radical (unpaired) electrons. The lowest BCUT2D eigenvalue weighted by Crippen LogP contribution is -2.32. The minimum atomic E-state index is -0.758. The van der Waals surface area contributed by atoms with Crippen LogP contribution in [-0.4, -0.2) is 54.2 Å². The van der Waals surface area contributed by atoms with E-state index in [0.717, 1.165) is 28.0 Å². The fourth-order valence-electron chi connectivity index (χ4n) is 5.34. The van der Waals surface area contributed by atoms with Crippen molar-refractivity contribution in [1.29, 1.82) is 0 Å². The number of hydrogen-bond donors (Lipinski definition) is 3. The van der Waals surface area contributed by atoms with Gasteiger partial charge in [-0.15, -0.1) is 11.3 Å². The average molecular weight is 685 g/mol. The monoisotopic (exact) mass is 684 g/mol. The number of anilines is 1. The fraction of sp³-hybridized carbons (Fsp3) is 0.324. The summed E-state index contributed by atoms with van der Waals surface area (Å²) in [4.78, 5) is 57.5. The summed E-state index contributed by atoms with van der Waals surface area (Å²) in [6.45, 7) is 9.99. The number of carbonyl (C=O) groups excluding carboxylic acids is 4. The van der Waals surface area contributed by atoms with Gasteiger partial charge in [-0.3, -0.25) is 9.59 Å². The second kappa shape index (κ2) is 14.9. The van der Waals surface area contributed by atoms with Gasteiger partial charge in [0.25, 0.3) is 11.8 Å². The van der Waals surface area contributed by atoms with Crippen molar-refractivity contribution in [2.24, 2.45) is 0 Å². The molecule has 12 heteroatoms. The molecule has 0 aliphatic carbocycles. The molecule has 49 heavy (non-hydrogen) atoms. The number of pyridine rings is 1. The van der Waals surface area contributed by atoms with Crippen molar-refractivity contribution in [2.75, 3.05) is 19.0 Å². The number of fused-ring (bicyclic) bond motifs is 3. The highest BCUT2D eigenvalue weighted by molar-refractivity contribution is 7.13. The number of amides is 3. The lowest BCUT2D eigenvalue weighted by molar-refractivity contribution is 0.0522. The van der Waals surface area contributed by atoms with Crippen molar-refractivity contribution in [2.45, 2.75) is 65.7 Å². The highest BCUT2D eigenvalue weighted by Crippen LogP contribution is 2.44. The first kappa shape index (κ1) is 35.1. The van der Waals surface area contributed by atoms with Crippen LogP contribution >= 0.6 is 11.3 Å². The number of nitrogens with zero attached hydrogens (tertiary/aromatic N) is 1. The van der Waals surface area contributed by atoms with Gasteiger partial charge in [-0.05, 0) is 93.1 Å². The first-order chi connectivity index (χ1) is 23.4. The van der Waals surface area contributed by atoms with Gasteiger partial charge < -0.3 is 30.2 Å². The molecule has 0 saturated carbocycles. The SMILES string of the molecule is CCCNC(=O)c1ccc(-c2cc3c(cc2C(=O)Nc2ccc(CNC(=O)OC(C)(C)C)cc2)-c2sccc2C[C@H](C)O3)c(C(=O)OC)n1. The van der Waals surface area contributed by atoms with Crippen LogP contribution < -0.4 is 20.7 Å². The predicted octanol–water partition coefficient (Wildman–Crippen LogP) is 7.00. The molecule has 0 spiro atoms. The zero-order valence-corrected chi connectivity index (χ0v) is 29.2. The quantitative estimate of drug-likeness (QED) is 0.160. The van der Waals surface area contributed by atoms with Crippen molar-refractivity contribution < 1.29 is 33.4 Å². The van der Waals surface area contributed by atoms with Crippen LogP contribution in [0.3, 0.4) is 0 Å². The molecule has 5 rings (SSSR count). The van der Waals surface area contributed by atoms with Gasteiger partial charge in [0.05, 0.1) is 7.11 Å². The normalized spacial score (nSPS) is 13.6. The lowest BCUT2D eigenvalue weighted by atomic mass is 9.93. The third-order valence-electron chi connectivity index (χ3n) is 7.57. The van der Waals surface area contributed by atoms with Crippen molar-refractivity contribution >= 4 is 40.9 Å². The van der Waals surface area contributed by atoms with Crippen LogP contribution in [0.2, 0.25) is 0 Å². The molecule has 11 nitrogen and oxygen atoms in total. The summed E-state index contributed by atoms with van der Waals surface area (Å²) in [5.41, 5.74) is 3.49. The number of hydrogen-bond acceptors (Lipinski definition) is 9. The molecule has 0 bridgehead atoms. The van der Waals surface area contributed by atoms with Gasteiger partial charge in [-0.2, -0.15) is 0 Å². The molecule has 3 heterocycles. The number of alkyl carbamates (subject to hydrolysis) is 1. The Morgan fingerprint density at radius 2 is 1.71 bits per heavy atom. The van der Waals surface area contributed by atoms with Gasteiger partial charge in [0.2, 0.25) is 0 Å². The fourth-order valence-corrected chi connectivity index (χ4v) is 6.30. The number of ether oxygens (including phenoxy) is 3. The Hall–Kier alpha value is -5.23. The molecule has 4 aromatic rings. The third kappa shape index (κ3) is 8.44. The Morgan fingerprint density at radius 1 is 0.959 bits per heavy atom. The molecule has 3 amide bonds. The second-order valence-electron chi connectivity index (χ2n) is 12.6. The van der Waals surface area contributed by atoms with Crippen molar-refractivity contribution in [3.05, 3.63) is 88.1 Å². The molecule has 0 fully saturated rings. The summed E-state index contributed by atoms with van der Waals surface area (Å²) in [7, 11) is 1.23. The maximum absolute atomic E-state index is 14.1. The smallest absolute Gasteiger partial charge is 0.407 e. The molecule has 3 N–H and O–H groups in total. The first-order valence-electron chi connectivity index (χ1n) is 16.0. The highest BCUT2D eigenvalue weighted by Gasteiger charge is 2.28. The van der Waals surface area contributed by atoms with Crippen molar-refractivity contribution in [3.8, 4) is 27.3 Å². The number of carbonyl (C=O) groups is 4. The Kier molecular flexibility index (Phi) is 10.7. The van der Waals surface area contributed by atoms with E-state index in [1.807, 2.05) is 19.2 Å². The largest absolute Gasteiger partial charge is 0.490 e. The van der Waals surface area contributed by atoms with E-state index in [4.69, 9.17) is 14.2 Å². The van der Waals surface area contributed by atoms with E-state index in [2.05, 4.69) is 27.0 Å². The first-order valence-corrected chi connectivity index (χ1v) is 16.9. The average Bonchev–Trinajstić information content (AvgIpc) is 3.47. The van der Waals surface area contributed by atoms with Crippen LogP contribution in [0.1, 0.15) is 83.5 Å². The van der Waals surface area contributed by atoms with E-state index in [1.165, 1.54) is 13.2 Å². The van der Waals surface area contributed by atoms with Gasteiger partial charge in [0, 0.05) is 52.3 Å². The van der Waals surface area contributed by atoms with E-state index in [0.29, 0.717) is 35.5 Å². The lowest BCUT2D eigenvalue weighted by Gasteiger charge is -2.19. The molecular formula is C37H40N4O7S. The molecule has 1 aliphatic heterocycles. The molecule has 0 saturated heterocycles. The summed E-state index contributed by atoms with van der Waals surface area (Å²) < 4.78 is 16.7. The van der Waals surface area contributed by atoms with Crippen LogP contribution in [-0.2, 0) is 22.4 Å². The Balaban J connectivity index is 1.53. The minimum absolute atomic E-state index is 0.0488. The van der Waals surface area contributed by atoms with E-state index in [9.17, 15) is 19.2 Å². The number of rotatable bonds is 9. The van der Waals surface area contributed by atoms with Crippen molar-refractivity contribution in [1.82, 2.24) is 15.6 Å². The topological polar surface area (TPSA) is 145 Å². The van der Waals surface area contributed by atoms with E-state index >= 15 is 0 Å². The van der Waals surface area contributed by atoms with Crippen molar-refractivity contribution in [3.63, 3.8) is 0 Å². The standard InChI is InChI=1S/C37H40N4O7S/c1-7-15-38-34(43)29-13-12-25(31(41-29)35(44)46-6)26-19-30-28(32-23(14-16-49-32)17-21(2)47-30)18-27(26)33(42)40-24-10-8-22(9-11-24)20-39-36(45)48-37(3,4)5/h8-14,16,18-19,21H,7,15,17,20H2,1-6H3,(H,38,43)(H,39,45)(H,40,42)/t21-/m0/s1. The van der Waals surface area contributed by atoms with E-state index in [-0.39, 0.29) is 29.6 Å². The number of nitrogens with one attached hydrogen (secondary N) is 3. The van der Waals surface area contributed by atoms with Gasteiger partial charge in [0.1, 0.15) is 23.1 Å². The van der Waals surface area contributed by atoms with Crippen LogP contribution in [0, 0.1) is 0 Å². The number of esters is 1. The summed E-state index contributed by atoms with van der Waals surface area (Å²) >= 11 is 1.56. The number of thiophene rings is 1. The van der Waals surface area contributed by atoms with Gasteiger partial charge in [-0.25, -0.2) is 14.6 Å². The summed E-state index contributed by atoms with van der Waals surface area (Å²) in [6.07, 6.45) is 0.754. The molecule has 1 atom stereocenters. The van der Waals surface area contributed by atoms with E-state index < -0.39 is 29.5 Å². The van der Waals surface area contributed by atoms with Crippen LogP contribution in [0.4, 0.5) is 10.5 Å². The number of aromatic nitrogens is 1. The maximum atomic E-state index is 14.1. The molecule has 256 valence electrons. The van der Waals surface area contributed by atoms with E-state index in [1.54, 1.807) is 74.6 Å². The molecule has 0 unspecified atom stereocenters. The Morgan fingerprint density at radius 3 is 2.41 bits per heavy atom. The second-order valence-corrected chi connectivity index (χ2v) is 13.6. The summed E-state index contributed by atoms with van der Waals surface area (Å²) in [5, 5.41) is 10.5. The Bertz CT molecular complexity index is 1880. The van der Waals surface area contributed by atoms with Crippen LogP contribution in [0.25, 0.3) is 21.6 Å². The third-order valence-corrected chi connectivity index (χ3v) is 8.56. The van der Waals surface area contributed by atoms with Gasteiger partial charge in [0.15, 0.2) is 5.69 Å². The number of methoxy groups -OCH3 is 1. The summed E-state index contributed by atoms with van der Waals surface area (Å²) in [6, 6.07) is 15.8. The maximum Gasteiger partial charge on any atom is 0.407 e. The van der Waals surface area contributed by atoms with Crippen LogP contribution in [0.5, 0.6) is 5.75 Å². The molecule has 1 aliphatic rings. The van der Waals surface area contributed by atoms with Gasteiger partial charge in [-0.1, -0.05) is 19.1 Å². The minimum Gasteiger partial charge on any atom is -0.490 e. The Labute approximate surface area is 289 Å². The molecule has 2 aromatic heterocycles. The zero-order valence-electron chi connectivity index (χ0n) is 28.4. The molecular weight excluding hydrogens is 644 g/mol. The van der Waals surface area contributed by atoms with Crippen LogP contribution in [0.15, 0.2) is 60.0 Å². The highest BCUT2D eigenvalue weighted by atomic mass is 32.1. The van der Waals surface area contributed by atoms with Gasteiger partial charge >= 0.3 is 12.1 Å².